The molecule has 2 aromatic rings. The molecular formula is C15H19N3O2. The van der Waals surface area contributed by atoms with E-state index in [2.05, 4.69) is 10.3 Å². The molecule has 5 nitrogen and oxygen atoms in total. The van der Waals surface area contributed by atoms with Crippen molar-refractivity contribution in [3.63, 3.8) is 0 Å². The Balaban J connectivity index is 1.61. The first-order valence-corrected chi connectivity index (χ1v) is 7.06. The molecule has 0 radical (unpaired) electrons. The summed E-state index contributed by atoms with van der Waals surface area (Å²) in [5.41, 5.74) is 1.78. The molecule has 2 heterocycles. The van der Waals surface area contributed by atoms with E-state index in [1.807, 2.05) is 28.9 Å². The average molecular weight is 273 g/mol. The van der Waals surface area contributed by atoms with Gasteiger partial charge in [0.05, 0.1) is 12.8 Å². The third-order valence-corrected chi connectivity index (χ3v) is 3.87. The molecule has 5 heteroatoms. The van der Waals surface area contributed by atoms with Gasteiger partial charge in [0.15, 0.2) is 11.4 Å². The molecule has 0 spiro atoms. The lowest BCUT2D eigenvalue weighted by atomic mass is 9.85. The molecule has 1 N–H and O–H groups in total. The molecule has 20 heavy (non-hydrogen) atoms. The number of imidazole rings is 1. The van der Waals surface area contributed by atoms with Crippen LogP contribution < -0.4 is 10.1 Å². The van der Waals surface area contributed by atoms with Crippen molar-refractivity contribution < 1.29 is 9.53 Å². The summed E-state index contributed by atoms with van der Waals surface area (Å²) in [6, 6.07) is 3.82. The van der Waals surface area contributed by atoms with Crippen molar-refractivity contribution in [2.45, 2.75) is 25.7 Å². The number of hydrogen-bond acceptors (Lipinski definition) is 3. The van der Waals surface area contributed by atoms with Gasteiger partial charge in [-0.3, -0.25) is 4.79 Å². The van der Waals surface area contributed by atoms with Gasteiger partial charge >= 0.3 is 0 Å². The minimum Gasteiger partial charge on any atom is -0.493 e. The number of nitrogens with one attached hydrogen (secondary N) is 1. The Labute approximate surface area is 118 Å². The lowest BCUT2D eigenvalue weighted by Gasteiger charge is -2.23. The first-order valence-electron chi connectivity index (χ1n) is 7.06. The number of amides is 1. The van der Waals surface area contributed by atoms with E-state index >= 15 is 0 Å². The predicted octanol–water partition coefficient (Wildman–Crippen LogP) is 1.80. The van der Waals surface area contributed by atoms with Crippen molar-refractivity contribution in [1.29, 1.82) is 0 Å². The number of fused-ring (bicyclic) bond motifs is 1. The van der Waals surface area contributed by atoms with E-state index in [-0.39, 0.29) is 11.8 Å². The van der Waals surface area contributed by atoms with Gasteiger partial charge in [-0.1, -0.05) is 6.42 Å². The topological polar surface area (TPSA) is 55.6 Å². The highest BCUT2D eigenvalue weighted by atomic mass is 16.5. The number of carbonyl (C=O) groups is 1. The maximum absolute atomic E-state index is 11.7. The van der Waals surface area contributed by atoms with Crippen LogP contribution in [0.3, 0.4) is 0 Å². The molecule has 1 saturated carbocycles. The molecule has 0 saturated heterocycles. The highest BCUT2D eigenvalue weighted by molar-refractivity contribution is 5.79. The molecular weight excluding hydrogens is 254 g/mol. The molecule has 0 unspecified atom stereocenters. The number of aromatic nitrogens is 2. The van der Waals surface area contributed by atoms with Crippen LogP contribution in [0.5, 0.6) is 5.75 Å². The van der Waals surface area contributed by atoms with Gasteiger partial charge in [-0.2, -0.15) is 0 Å². The minimum atomic E-state index is 0.192. The largest absolute Gasteiger partial charge is 0.493 e. The Kier molecular flexibility index (Phi) is 3.58. The van der Waals surface area contributed by atoms with Crippen molar-refractivity contribution in [1.82, 2.24) is 14.7 Å². The normalized spacial score (nSPS) is 15.1. The fourth-order valence-corrected chi connectivity index (χ4v) is 2.45. The standard InChI is InChI=1S/C15H19N3O2/c1-20-13-6-3-9-18-10-12(17-14(13)18)7-8-16-15(19)11-4-2-5-11/h3,6,9-11H,2,4-5,7-8H2,1H3,(H,16,19). The number of nitrogens with zero attached hydrogens (tertiary/aromatic N) is 2. The number of carbonyl (C=O) groups excluding carboxylic acids is 1. The van der Waals surface area contributed by atoms with E-state index in [0.717, 1.165) is 36.4 Å². The third kappa shape index (κ3) is 2.48. The maximum atomic E-state index is 11.7. The Morgan fingerprint density at radius 1 is 1.55 bits per heavy atom. The molecule has 0 atom stereocenters. The Hall–Kier alpha value is -2.04. The molecule has 1 amide bonds. The summed E-state index contributed by atoms with van der Waals surface area (Å²) in [6.45, 7) is 0.640. The Morgan fingerprint density at radius 2 is 2.40 bits per heavy atom. The second kappa shape index (κ2) is 5.53. The second-order valence-electron chi connectivity index (χ2n) is 5.21. The predicted molar refractivity (Wildman–Crippen MR) is 75.8 cm³/mol. The van der Waals surface area contributed by atoms with Crippen molar-refractivity contribution in [3.05, 3.63) is 30.2 Å². The van der Waals surface area contributed by atoms with Crippen LogP contribution in [-0.4, -0.2) is 28.9 Å². The van der Waals surface area contributed by atoms with Crippen molar-refractivity contribution >= 4 is 11.6 Å². The van der Waals surface area contributed by atoms with Crippen molar-refractivity contribution in [3.8, 4) is 5.75 Å². The zero-order chi connectivity index (χ0) is 13.9. The van der Waals surface area contributed by atoms with E-state index in [4.69, 9.17) is 4.74 Å². The first kappa shape index (κ1) is 13.0. The Morgan fingerprint density at radius 3 is 3.10 bits per heavy atom. The SMILES string of the molecule is COc1cccn2cc(CCNC(=O)C3CCC3)nc12. The molecule has 106 valence electrons. The fourth-order valence-electron chi connectivity index (χ4n) is 2.45. The van der Waals surface area contributed by atoms with Crippen LogP contribution in [0, 0.1) is 5.92 Å². The van der Waals surface area contributed by atoms with E-state index < -0.39 is 0 Å². The van der Waals surface area contributed by atoms with Crippen LogP contribution >= 0.6 is 0 Å². The van der Waals surface area contributed by atoms with E-state index in [9.17, 15) is 4.79 Å². The van der Waals surface area contributed by atoms with Gasteiger partial charge in [0.25, 0.3) is 0 Å². The van der Waals surface area contributed by atoms with Crippen LogP contribution in [0.1, 0.15) is 25.0 Å². The van der Waals surface area contributed by atoms with Gasteiger partial charge in [0, 0.05) is 31.3 Å². The van der Waals surface area contributed by atoms with Gasteiger partial charge in [0.1, 0.15) is 0 Å². The van der Waals surface area contributed by atoms with Crippen molar-refractivity contribution in [2.75, 3.05) is 13.7 Å². The smallest absolute Gasteiger partial charge is 0.223 e. The zero-order valence-corrected chi connectivity index (χ0v) is 11.6. The summed E-state index contributed by atoms with van der Waals surface area (Å²) in [5.74, 6) is 1.20. The first-order chi connectivity index (χ1) is 9.78. The zero-order valence-electron chi connectivity index (χ0n) is 11.6. The van der Waals surface area contributed by atoms with Gasteiger partial charge < -0.3 is 14.5 Å². The van der Waals surface area contributed by atoms with E-state index in [1.54, 1.807) is 7.11 Å². The number of rotatable bonds is 5. The average Bonchev–Trinajstić information content (AvgIpc) is 2.79. The lowest BCUT2D eigenvalue weighted by Crippen LogP contribution is -2.35. The van der Waals surface area contributed by atoms with E-state index in [0.29, 0.717) is 6.54 Å². The minimum absolute atomic E-state index is 0.192. The molecule has 2 aromatic heterocycles. The molecule has 0 aliphatic heterocycles. The number of hydrogen-bond donors (Lipinski definition) is 1. The number of ether oxygens (including phenoxy) is 1. The van der Waals surface area contributed by atoms with Crippen LogP contribution in [0.4, 0.5) is 0 Å². The summed E-state index contributed by atoms with van der Waals surface area (Å²) in [5, 5.41) is 2.99. The summed E-state index contributed by atoms with van der Waals surface area (Å²) in [4.78, 5) is 16.3. The lowest BCUT2D eigenvalue weighted by molar-refractivity contribution is -0.127. The van der Waals surface area contributed by atoms with Gasteiger partial charge in [-0.25, -0.2) is 4.98 Å². The van der Waals surface area contributed by atoms with Gasteiger partial charge in [-0.15, -0.1) is 0 Å². The third-order valence-electron chi connectivity index (χ3n) is 3.87. The van der Waals surface area contributed by atoms with Crippen LogP contribution in [0.2, 0.25) is 0 Å². The van der Waals surface area contributed by atoms with Crippen LogP contribution in [-0.2, 0) is 11.2 Å². The monoisotopic (exact) mass is 273 g/mol. The maximum Gasteiger partial charge on any atom is 0.223 e. The van der Waals surface area contributed by atoms with Crippen LogP contribution in [0.15, 0.2) is 24.5 Å². The summed E-state index contributed by atoms with van der Waals surface area (Å²) in [6.07, 6.45) is 7.93. The summed E-state index contributed by atoms with van der Waals surface area (Å²) in [7, 11) is 1.64. The van der Waals surface area contributed by atoms with Crippen molar-refractivity contribution in [2.24, 2.45) is 5.92 Å². The molecule has 1 aliphatic rings. The van der Waals surface area contributed by atoms with Gasteiger partial charge in [0.2, 0.25) is 5.91 Å². The Bertz CT molecular complexity index is 617. The van der Waals surface area contributed by atoms with E-state index in [1.165, 1.54) is 6.42 Å². The summed E-state index contributed by atoms with van der Waals surface area (Å²) >= 11 is 0. The van der Waals surface area contributed by atoms with Gasteiger partial charge in [-0.05, 0) is 25.0 Å². The highest BCUT2D eigenvalue weighted by Crippen LogP contribution is 2.26. The summed E-state index contributed by atoms with van der Waals surface area (Å²) < 4.78 is 7.23. The molecule has 1 aliphatic carbocycles. The van der Waals surface area contributed by atoms with Crippen LogP contribution in [0.25, 0.3) is 5.65 Å². The fraction of sp³-hybridized carbons (Fsp3) is 0.467. The highest BCUT2D eigenvalue weighted by Gasteiger charge is 2.24. The molecule has 1 fully saturated rings. The quantitative estimate of drug-likeness (QED) is 0.903. The second-order valence-corrected chi connectivity index (χ2v) is 5.21. The number of pyridine rings is 1. The molecule has 0 aromatic carbocycles. The molecule has 0 bridgehead atoms. The molecule has 3 rings (SSSR count). The number of methoxy groups -OCH3 is 1.